The van der Waals surface area contributed by atoms with Crippen LogP contribution in [0.25, 0.3) is 32.3 Å². The van der Waals surface area contributed by atoms with Gasteiger partial charge in [0.05, 0.1) is 0 Å². The summed E-state index contributed by atoms with van der Waals surface area (Å²) in [5, 5.41) is 8.54. The Kier molecular flexibility index (Phi) is 1.88. The largest absolute Gasteiger partial charge is 0.0616 e. The minimum absolute atomic E-state index is 1.16. The summed E-state index contributed by atoms with van der Waals surface area (Å²) in [7, 11) is 0. The van der Waals surface area contributed by atoms with E-state index in [0.29, 0.717) is 0 Å². The third-order valence-electron chi connectivity index (χ3n) is 4.71. The third-order valence-corrected chi connectivity index (χ3v) is 4.71. The Hall–Kier alpha value is -2.34. The summed E-state index contributed by atoms with van der Waals surface area (Å²) in [4.78, 5) is 0. The van der Waals surface area contributed by atoms with Crippen molar-refractivity contribution in [3.8, 4) is 0 Å². The molecule has 0 saturated heterocycles. The lowest BCUT2D eigenvalue weighted by atomic mass is 9.83. The van der Waals surface area contributed by atoms with Crippen LogP contribution in [0.2, 0.25) is 0 Å². The highest BCUT2D eigenvalue weighted by molar-refractivity contribution is 6.16. The first-order chi connectivity index (χ1) is 9.92. The average molecular weight is 254 g/mol. The second kappa shape index (κ2) is 3.61. The summed E-state index contributed by atoms with van der Waals surface area (Å²) >= 11 is 0. The number of rotatable bonds is 0. The van der Waals surface area contributed by atoms with Crippen LogP contribution < -0.4 is 0 Å². The van der Waals surface area contributed by atoms with Gasteiger partial charge in [0, 0.05) is 0 Å². The molecule has 5 rings (SSSR count). The van der Waals surface area contributed by atoms with E-state index in [1.165, 1.54) is 37.9 Å². The van der Waals surface area contributed by atoms with E-state index < -0.39 is 0 Å². The van der Waals surface area contributed by atoms with Crippen LogP contribution in [-0.2, 0) is 12.8 Å². The molecule has 0 heteroatoms. The highest BCUT2D eigenvalue weighted by atomic mass is 14.2. The lowest BCUT2D eigenvalue weighted by Gasteiger charge is -2.20. The fourth-order valence-corrected chi connectivity index (χ4v) is 3.84. The molecule has 0 saturated carbocycles. The number of fused-ring (bicyclic) bond motifs is 2. The fraction of sp³-hybridized carbons (Fsp3) is 0.100. The lowest BCUT2D eigenvalue weighted by molar-refractivity contribution is 0.977. The summed E-state index contributed by atoms with van der Waals surface area (Å²) in [6.07, 6.45) is 2.32. The van der Waals surface area contributed by atoms with Crippen molar-refractivity contribution in [1.29, 1.82) is 0 Å². The monoisotopic (exact) mass is 254 g/mol. The van der Waals surface area contributed by atoms with Gasteiger partial charge < -0.3 is 0 Å². The Bertz CT molecular complexity index is 993. The molecule has 4 aromatic rings. The first-order valence-electron chi connectivity index (χ1n) is 7.27. The van der Waals surface area contributed by atoms with E-state index in [-0.39, 0.29) is 0 Å². The highest BCUT2D eigenvalue weighted by Crippen LogP contribution is 2.39. The summed E-state index contributed by atoms with van der Waals surface area (Å²) in [6, 6.07) is 22.4. The molecule has 0 unspecified atom stereocenters. The number of hydrogen-bond donors (Lipinski definition) is 0. The van der Waals surface area contributed by atoms with Gasteiger partial charge in [-0.05, 0) is 62.4 Å². The molecule has 94 valence electrons. The SMILES string of the molecule is c1ccc2c3c4c(ccc5cccc(c54)CC3)cc2c1. The molecule has 0 fully saturated rings. The Morgan fingerprint density at radius 1 is 0.600 bits per heavy atom. The quantitative estimate of drug-likeness (QED) is 0.297. The smallest absolute Gasteiger partial charge is 0.00640 e. The van der Waals surface area contributed by atoms with Crippen molar-refractivity contribution in [3.05, 3.63) is 71.8 Å². The van der Waals surface area contributed by atoms with Gasteiger partial charge in [-0.1, -0.05) is 54.6 Å². The van der Waals surface area contributed by atoms with Gasteiger partial charge in [0.1, 0.15) is 0 Å². The van der Waals surface area contributed by atoms with E-state index in [0.717, 1.165) is 12.8 Å². The zero-order valence-electron chi connectivity index (χ0n) is 11.2. The van der Waals surface area contributed by atoms with Gasteiger partial charge in [-0.3, -0.25) is 0 Å². The van der Waals surface area contributed by atoms with E-state index in [2.05, 4.69) is 60.7 Å². The number of benzene rings is 4. The van der Waals surface area contributed by atoms with Crippen LogP contribution in [0.5, 0.6) is 0 Å². The van der Waals surface area contributed by atoms with Crippen LogP contribution in [0, 0.1) is 0 Å². The molecule has 1 aliphatic rings. The molecule has 4 aromatic carbocycles. The van der Waals surface area contributed by atoms with Gasteiger partial charge in [0.25, 0.3) is 0 Å². The highest BCUT2D eigenvalue weighted by Gasteiger charge is 2.17. The molecule has 0 spiro atoms. The molecule has 0 aliphatic heterocycles. The zero-order chi connectivity index (χ0) is 13.1. The van der Waals surface area contributed by atoms with E-state index in [9.17, 15) is 0 Å². The molecule has 0 amide bonds. The topological polar surface area (TPSA) is 0 Å². The summed E-state index contributed by atoms with van der Waals surface area (Å²) in [5.74, 6) is 0. The maximum atomic E-state index is 2.34. The van der Waals surface area contributed by atoms with Crippen molar-refractivity contribution in [2.24, 2.45) is 0 Å². The van der Waals surface area contributed by atoms with E-state index in [1.807, 2.05) is 0 Å². The molecule has 0 radical (unpaired) electrons. The second-order valence-electron chi connectivity index (χ2n) is 5.76. The van der Waals surface area contributed by atoms with E-state index in [1.54, 1.807) is 5.56 Å². The van der Waals surface area contributed by atoms with E-state index >= 15 is 0 Å². The van der Waals surface area contributed by atoms with Crippen molar-refractivity contribution >= 4 is 32.3 Å². The van der Waals surface area contributed by atoms with Crippen LogP contribution in [0.3, 0.4) is 0 Å². The average Bonchev–Trinajstić information content (AvgIpc) is 2.52. The summed E-state index contributed by atoms with van der Waals surface area (Å²) in [5.41, 5.74) is 3.05. The molecule has 1 aliphatic carbocycles. The van der Waals surface area contributed by atoms with Gasteiger partial charge in [0.2, 0.25) is 0 Å². The van der Waals surface area contributed by atoms with Gasteiger partial charge in [-0.2, -0.15) is 0 Å². The van der Waals surface area contributed by atoms with Crippen molar-refractivity contribution in [3.63, 3.8) is 0 Å². The predicted molar refractivity (Wildman–Crippen MR) is 86.4 cm³/mol. The summed E-state index contributed by atoms with van der Waals surface area (Å²) < 4.78 is 0. The first kappa shape index (κ1) is 10.4. The Balaban J connectivity index is 2.16. The van der Waals surface area contributed by atoms with Gasteiger partial charge in [-0.15, -0.1) is 0 Å². The van der Waals surface area contributed by atoms with Crippen molar-refractivity contribution in [2.75, 3.05) is 0 Å². The second-order valence-corrected chi connectivity index (χ2v) is 5.76. The maximum Gasteiger partial charge on any atom is -0.00640 e. The minimum Gasteiger partial charge on any atom is -0.0616 e. The van der Waals surface area contributed by atoms with Crippen LogP contribution in [0.1, 0.15) is 11.1 Å². The molecular formula is C20H14. The maximum absolute atomic E-state index is 2.34. The lowest BCUT2D eigenvalue weighted by Crippen LogP contribution is -2.02. The standard InChI is InChI=1S/C20H14/c1-2-7-17-15(4-1)12-16-9-8-13-5-3-6-14-10-11-18(17)20(16)19(13)14/h1-9,12H,10-11H2. The molecule has 0 atom stereocenters. The minimum atomic E-state index is 1.16. The molecule has 0 nitrogen and oxygen atoms in total. The van der Waals surface area contributed by atoms with Crippen molar-refractivity contribution in [2.45, 2.75) is 12.8 Å². The first-order valence-corrected chi connectivity index (χ1v) is 7.27. The van der Waals surface area contributed by atoms with Crippen molar-refractivity contribution in [1.82, 2.24) is 0 Å². The number of aryl methyl sites for hydroxylation is 2. The Morgan fingerprint density at radius 3 is 2.45 bits per heavy atom. The Labute approximate surface area is 117 Å². The van der Waals surface area contributed by atoms with Crippen LogP contribution in [0.15, 0.2) is 60.7 Å². The zero-order valence-corrected chi connectivity index (χ0v) is 11.2. The third kappa shape index (κ3) is 1.21. The molecular weight excluding hydrogens is 240 g/mol. The number of hydrogen-bond acceptors (Lipinski definition) is 0. The van der Waals surface area contributed by atoms with Gasteiger partial charge in [-0.25, -0.2) is 0 Å². The van der Waals surface area contributed by atoms with Crippen molar-refractivity contribution < 1.29 is 0 Å². The predicted octanol–water partition coefficient (Wildman–Crippen LogP) is 5.24. The van der Waals surface area contributed by atoms with Crippen LogP contribution >= 0.6 is 0 Å². The van der Waals surface area contributed by atoms with Gasteiger partial charge >= 0.3 is 0 Å². The normalized spacial score (nSPS) is 13.6. The van der Waals surface area contributed by atoms with E-state index in [4.69, 9.17) is 0 Å². The summed E-state index contributed by atoms with van der Waals surface area (Å²) in [6.45, 7) is 0. The fourth-order valence-electron chi connectivity index (χ4n) is 3.84. The van der Waals surface area contributed by atoms with Gasteiger partial charge in [0.15, 0.2) is 0 Å². The Morgan fingerprint density at radius 2 is 1.45 bits per heavy atom. The molecule has 20 heavy (non-hydrogen) atoms. The molecule has 0 bridgehead atoms. The molecule has 0 N–H and O–H groups in total. The molecule has 0 heterocycles. The molecule has 0 aromatic heterocycles. The van der Waals surface area contributed by atoms with Crippen LogP contribution in [0.4, 0.5) is 0 Å². The van der Waals surface area contributed by atoms with Crippen LogP contribution in [-0.4, -0.2) is 0 Å².